The number of unbranched alkanes of at least 4 members (excludes halogenated alkanes) is 1. The van der Waals surface area contributed by atoms with Crippen LogP contribution in [0.3, 0.4) is 0 Å². The van der Waals surface area contributed by atoms with Crippen molar-refractivity contribution in [3.8, 4) is 0 Å². The zero-order valence-corrected chi connectivity index (χ0v) is 14.0. The minimum Gasteiger partial charge on any atom is -0.411 e. The van der Waals surface area contributed by atoms with Crippen LogP contribution >= 0.6 is 0 Å². The van der Waals surface area contributed by atoms with Crippen LogP contribution < -0.4 is 5.19 Å². The lowest BCUT2D eigenvalue weighted by Gasteiger charge is -2.28. The van der Waals surface area contributed by atoms with Crippen LogP contribution in [0.4, 0.5) is 0 Å². The number of oxime groups is 1. The number of hydrogen-bond donors (Lipinski definition) is 1. The minimum absolute atomic E-state index is 0.632. The molecule has 2 nitrogen and oxygen atoms in total. The van der Waals surface area contributed by atoms with Crippen LogP contribution in [0, 0.1) is 5.92 Å². The summed E-state index contributed by atoms with van der Waals surface area (Å²) in [5, 5.41) is 14.5. The van der Waals surface area contributed by atoms with E-state index in [1.165, 1.54) is 11.6 Å². The summed E-state index contributed by atoms with van der Waals surface area (Å²) in [6.45, 7) is 4.86. The SMILES string of the molecule is C[Si](C)(C1=CC(CCCC=NO)CC=C1)c1ccccc1. The molecule has 0 spiro atoms. The lowest BCUT2D eigenvalue weighted by molar-refractivity contribution is 0.320. The van der Waals surface area contributed by atoms with Crippen LogP contribution in [0.25, 0.3) is 0 Å². The van der Waals surface area contributed by atoms with Crippen molar-refractivity contribution in [1.82, 2.24) is 0 Å². The maximum Gasteiger partial charge on any atom is 0.111 e. The van der Waals surface area contributed by atoms with Crippen LogP contribution in [0.1, 0.15) is 25.7 Å². The highest BCUT2D eigenvalue weighted by Gasteiger charge is 2.28. The van der Waals surface area contributed by atoms with Crippen LogP contribution in [0.15, 0.2) is 58.9 Å². The third-order valence-corrected chi connectivity index (χ3v) is 7.91. The van der Waals surface area contributed by atoms with Crippen molar-refractivity contribution < 1.29 is 5.21 Å². The van der Waals surface area contributed by atoms with Gasteiger partial charge in [-0.25, -0.2) is 0 Å². The first kappa shape index (κ1) is 15.8. The molecule has 112 valence electrons. The monoisotopic (exact) mass is 299 g/mol. The highest BCUT2D eigenvalue weighted by atomic mass is 28.3. The zero-order valence-electron chi connectivity index (χ0n) is 13.0. The van der Waals surface area contributed by atoms with Crippen molar-refractivity contribution in [3.63, 3.8) is 0 Å². The third kappa shape index (κ3) is 4.18. The smallest absolute Gasteiger partial charge is 0.111 e. The van der Waals surface area contributed by atoms with Gasteiger partial charge in [0, 0.05) is 6.21 Å². The number of rotatable bonds is 6. The van der Waals surface area contributed by atoms with Gasteiger partial charge in [-0.05, 0) is 31.6 Å². The largest absolute Gasteiger partial charge is 0.411 e. The van der Waals surface area contributed by atoms with Gasteiger partial charge in [-0.3, -0.25) is 0 Å². The van der Waals surface area contributed by atoms with Crippen molar-refractivity contribution in [2.75, 3.05) is 0 Å². The highest BCUT2D eigenvalue weighted by Crippen LogP contribution is 2.27. The molecule has 0 saturated heterocycles. The van der Waals surface area contributed by atoms with Crippen LogP contribution in [-0.4, -0.2) is 19.5 Å². The summed E-state index contributed by atoms with van der Waals surface area (Å²) in [5.41, 5.74) is 0. The van der Waals surface area contributed by atoms with Gasteiger partial charge < -0.3 is 5.21 Å². The lowest BCUT2D eigenvalue weighted by atomic mass is 9.95. The molecular weight excluding hydrogens is 274 g/mol. The molecule has 0 amide bonds. The van der Waals surface area contributed by atoms with Crippen molar-refractivity contribution in [1.29, 1.82) is 0 Å². The molecule has 1 aliphatic carbocycles. The van der Waals surface area contributed by atoms with Crippen molar-refractivity contribution >= 4 is 19.5 Å². The van der Waals surface area contributed by atoms with E-state index in [9.17, 15) is 0 Å². The fourth-order valence-electron chi connectivity index (χ4n) is 2.92. The Bertz CT molecular complexity index is 531. The molecule has 0 aliphatic heterocycles. The average Bonchev–Trinajstić information content (AvgIpc) is 2.53. The molecule has 0 bridgehead atoms. The van der Waals surface area contributed by atoms with Gasteiger partial charge in [-0.15, -0.1) is 5.16 Å². The molecule has 1 N–H and O–H groups in total. The normalized spacial score (nSPS) is 19.0. The van der Waals surface area contributed by atoms with E-state index in [0.717, 1.165) is 19.3 Å². The molecule has 21 heavy (non-hydrogen) atoms. The molecule has 1 aliphatic rings. The second-order valence-electron chi connectivity index (χ2n) is 6.24. The molecule has 0 aromatic heterocycles. The Morgan fingerprint density at radius 3 is 2.76 bits per heavy atom. The van der Waals surface area contributed by atoms with Crippen molar-refractivity contribution in [2.45, 2.75) is 38.8 Å². The Morgan fingerprint density at radius 1 is 1.29 bits per heavy atom. The number of nitrogens with zero attached hydrogens (tertiary/aromatic N) is 1. The topological polar surface area (TPSA) is 32.6 Å². The van der Waals surface area contributed by atoms with E-state index in [1.807, 2.05) is 0 Å². The quantitative estimate of drug-likeness (QED) is 0.275. The second kappa shape index (κ2) is 7.41. The van der Waals surface area contributed by atoms with Gasteiger partial charge in [0.1, 0.15) is 8.07 Å². The van der Waals surface area contributed by atoms with Crippen LogP contribution in [-0.2, 0) is 0 Å². The Labute approximate surface area is 128 Å². The van der Waals surface area contributed by atoms with E-state index < -0.39 is 8.07 Å². The summed E-state index contributed by atoms with van der Waals surface area (Å²) >= 11 is 0. The summed E-state index contributed by atoms with van der Waals surface area (Å²) in [5.74, 6) is 0.632. The maximum absolute atomic E-state index is 8.43. The molecule has 0 radical (unpaired) electrons. The van der Waals surface area contributed by atoms with E-state index in [4.69, 9.17) is 5.21 Å². The predicted molar refractivity (Wildman–Crippen MR) is 93.0 cm³/mol. The molecule has 1 atom stereocenters. The number of allylic oxidation sites excluding steroid dienone is 4. The van der Waals surface area contributed by atoms with Gasteiger partial charge in [0.15, 0.2) is 0 Å². The minimum atomic E-state index is -1.57. The third-order valence-electron chi connectivity index (χ3n) is 4.36. The Hall–Kier alpha value is -1.61. The first-order chi connectivity index (χ1) is 10.1. The molecule has 1 aromatic rings. The van der Waals surface area contributed by atoms with E-state index in [1.54, 1.807) is 11.4 Å². The second-order valence-corrected chi connectivity index (χ2v) is 10.6. The molecule has 1 aromatic carbocycles. The van der Waals surface area contributed by atoms with E-state index in [0.29, 0.717) is 5.92 Å². The van der Waals surface area contributed by atoms with Gasteiger partial charge in [-0.1, -0.05) is 72.0 Å². The Kier molecular flexibility index (Phi) is 5.57. The van der Waals surface area contributed by atoms with Gasteiger partial charge in [-0.2, -0.15) is 0 Å². The molecule has 0 fully saturated rings. The Morgan fingerprint density at radius 2 is 2.05 bits per heavy atom. The summed E-state index contributed by atoms with van der Waals surface area (Å²) < 4.78 is 0. The van der Waals surface area contributed by atoms with E-state index in [-0.39, 0.29) is 0 Å². The van der Waals surface area contributed by atoms with Crippen molar-refractivity contribution in [2.24, 2.45) is 11.1 Å². The van der Waals surface area contributed by atoms with Gasteiger partial charge in [0.2, 0.25) is 0 Å². The van der Waals surface area contributed by atoms with E-state index in [2.05, 4.69) is 66.8 Å². The van der Waals surface area contributed by atoms with Crippen LogP contribution in [0.5, 0.6) is 0 Å². The fraction of sp³-hybridized carbons (Fsp3) is 0.389. The number of benzene rings is 1. The van der Waals surface area contributed by atoms with Gasteiger partial charge in [0.05, 0.1) is 0 Å². The standard InChI is InChI=1S/C18H25NOSi/c1-21(2,17-11-4-3-5-12-17)18-13-8-10-16(15-18)9-6-7-14-19-20/h3-5,8,11-16,20H,6-7,9-10H2,1-2H3. The number of hydrogen-bond acceptors (Lipinski definition) is 2. The summed E-state index contributed by atoms with van der Waals surface area (Å²) in [6, 6.07) is 10.9. The molecule has 0 heterocycles. The summed E-state index contributed by atoms with van der Waals surface area (Å²) in [7, 11) is -1.57. The summed E-state index contributed by atoms with van der Waals surface area (Å²) in [4.78, 5) is 0. The average molecular weight is 299 g/mol. The van der Waals surface area contributed by atoms with Crippen molar-refractivity contribution in [3.05, 3.63) is 53.8 Å². The van der Waals surface area contributed by atoms with Gasteiger partial charge >= 0.3 is 0 Å². The Balaban J connectivity index is 2.07. The fourth-order valence-corrected chi connectivity index (χ4v) is 5.46. The highest BCUT2D eigenvalue weighted by molar-refractivity contribution is 6.96. The molecule has 3 heteroatoms. The first-order valence-electron chi connectivity index (χ1n) is 7.75. The summed E-state index contributed by atoms with van der Waals surface area (Å²) in [6.07, 6.45) is 13.0. The first-order valence-corrected chi connectivity index (χ1v) is 10.7. The van der Waals surface area contributed by atoms with Crippen LogP contribution in [0.2, 0.25) is 13.1 Å². The molecule has 1 unspecified atom stereocenters. The van der Waals surface area contributed by atoms with E-state index >= 15 is 0 Å². The molecule has 0 saturated carbocycles. The maximum atomic E-state index is 8.43. The molecule has 2 rings (SSSR count). The van der Waals surface area contributed by atoms with Gasteiger partial charge in [0.25, 0.3) is 0 Å². The predicted octanol–water partition coefficient (Wildman–Crippen LogP) is 4.27. The molecular formula is C18H25NOSi. The lowest BCUT2D eigenvalue weighted by Crippen LogP contribution is -2.43. The zero-order chi connectivity index (χ0) is 15.1.